The number of nitro groups is 1. The molecule has 0 saturated carbocycles. The van der Waals surface area contributed by atoms with Crippen molar-refractivity contribution in [2.24, 2.45) is 0 Å². The van der Waals surface area contributed by atoms with Gasteiger partial charge in [0, 0.05) is 12.1 Å². The summed E-state index contributed by atoms with van der Waals surface area (Å²) in [4.78, 5) is 22.9. The lowest BCUT2D eigenvalue weighted by atomic mass is 10.0. The van der Waals surface area contributed by atoms with Gasteiger partial charge in [-0.15, -0.1) is 0 Å². The molecule has 32 heavy (non-hydrogen) atoms. The van der Waals surface area contributed by atoms with E-state index >= 15 is 0 Å². The van der Waals surface area contributed by atoms with Gasteiger partial charge in [-0.3, -0.25) is 14.9 Å². The van der Waals surface area contributed by atoms with Gasteiger partial charge in [-0.25, -0.2) is 13.1 Å². The van der Waals surface area contributed by atoms with E-state index in [1.54, 1.807) is 24.3 Å². The van der Waals surface area contributed by atoms with E-state index in [1.165, 1.54) is 36.4 Å². The number of nitro benzene ring substituents is 1. The molecule has 3 aromatic rings. The molecule has 0 radical (unpaired) electrons. The van der Waals surface area contributed by atoms with Crippen LogP contribution in [0.3, 0.4) is 0 Å². The molecule has 0 unspecified atom stereocenters. The van der Waals surface area contributed by atoms with Crippen LogP contribution in [0.25, 0.3) is 0 Å². The van der Waals surface area contributed by atoms with Gasteiger partial charge in [0.2, 0.25) is 10.0 Å². The zero-order chi connectivity index (χ0) is 23.3. The number of carbonyl (C=O) groups is 1. The van der Waals surface area contributed by atoms with Crippen molar-refractivity contribution < 1.29 is 22.9 Å². The molecule has 0 amide bonds. The highest BCUT2D eigenvalue weighted by Crippen LogP contribution is 2.24. The second-order valence-electron chi connectivity index (χ2n) is 7.33. The molecule has 3 aromatic carbocycles. The fourth-order valence-electron chi connectivity index (χ4n) is 2.97. The van der Waals surface area contributed by atoms with Crippen LogP contribution >= 0.6 is 0 Å². The van der Waals surface area contributed by atoms with Crippen molar-refractivity contribution >= 4 is 21.7 Å². The van der Waals surface area contributed by atoms with Gasteiger partial charge in [0.1, 0.15) is 5.75 Å². The van der Waals surface area contributed by atoms with Gasteiger partial charge in [-0.05, 0) is 43.7 Å². The number of hydrogen-bond donors (Lipinski definition) is 1. The number of aryl methyl sites for hydroxylation is 2. The van der Waals surface area contributed by atoms with Crippen LogP contribution in [0, 0.1) is 24.0 Å². The van der Waals surface area contributed by atoms with Crippen LogP contribution in [0.2, 0.25) is 0 Å². The van der Waals surface area contributed by atoms with Gasteiger partial charge >= 0.3 is 5.97 Å². The van der Waals surface area contributed by atoms with Crippen LogP contribution in [-0.4, -0.2) is 19.3 Å². The summed E-state index contributed by atoms with van der Waals surface area (Å²) in [7, 11) is -3.90. The van der Waals surface area contributed by atoms with E-state index in [1.807, 2.05) is 26.0 Å². The highest BCUT2D eigenvalue weighted by Gasteiger charge is 2.25. The van der Waals surface area contributed by atoms with Crippen molar-refractivity contribution in [3.63, 3.8) is 0 Å². The van der Waals surface area contributed by atoms with Crippen LogP contribution < -0.4 is 9.46 Å². The molecule has 0 aliphatic carbocycles. The molecule has 0 aliphatic rings. The van der Waals surface area contributed by atoms with Gasteiger partial charge in [0.05, 0.1) is 22.3 Å². The van der Waals surface area contributed by atoms with E-state index in [9.17, 15) is 23.3 Å². The van der Waals surface area contributed by atoms with Crippen molar-refractivity contribution in [3.05, 3.63) is 99.6 Å². The van der Waals surface area contributed by atoms with E-state index in [4.69, 9.17) is 4.74 Å². The molecule has 0 bridgehead atoms. The van der Waals surface area contributed by atoms with E-state index in [0.29, 0.717) is 5.56 Å². The Labute approximate surface area is 186 Å². The summed E-state index contributed by atoms with van der Waals surface area (Å²) in [6.07, 6.45) is -0.273. The first-order valence-corrected chi connectivity index (χ1v) is 11.2. The van der Waals surface area contributed by atoms with Crippen molar-refractivity contribution in [2.75, 3.05) is 0 Å². The molecule has 9 heteroatoms. The number of ether oxygens (including phenoxy) is 1. The fourth-order valence-corrected chi connectivity index (χ4v) is 4.20. The number of nitrogens with one attached hydrogen (secondary N) is 1. The molecular weight excluding hydrogens is 432 g/mol. The highest BCUT2D eigenvalue weighted by molar-refractivity contribution is 7.89. The average molecular weight is 455 g/mol. The lowest BCUT2D eigenvalue weighted by Crippen LogP contribution is -2.31. The Balaban J connectivity index is 1.81. The topological polar surface area (TPSA) is 116 Å². The van der Waals surface area contributed by atoms with Gasteiger partial charge in [0.15, 0.2) is 0 Å². The molecule has 1 atom stereocenters. The molecule has 0 saturated heterocycles. The maximum Gasteiger partial charge on any atom is 0.313 e. The molecule has 3 rings (SSSR count). The summed E-state index contributed by atoms with van der Waals surface area (Å²) in [5, 5.41) is 10.8. The summed E-state index contributed by atoms with van der Waals surface area (Å²) in [5.74, 6) is -0.555. The van der Waals surface area contributed by atoms with E-state index in [0.717, 1.165) is 11.1 Å². The monoisotopic (exact) mass is 454 g/mol. The minimum atomic E-state index is -3.90. The first-order chi connectivity index (χ1) is 15.1. The van der Waals surface area contributed by atoms with E-state index < -0.39 is 27.0 Å². The van der Waals surface area contributed by atoms with Crippen molar-refractivity contribution in [3.8, 4) is 5.75 Å². The smallest absolute Gasteiger partial charge is 0.313 e. The summed E-state index contributed by atoms with van der Waals surface area (Å²) < 4.78 is 33.7. The number of rotatable bonds is 8. The fraction of sp³-hybridized carbons (Fsp3) is 0.174. The predicted octanol–water partition coefficient (Wildman–Crippen LogP) is 4.23. The molecule has 0 fully saturated rings. The van der Waals surface area contributed by atoms with Crippen LogP contribution in [0.5, 0.6) is 5.75 Å². The van der Waals surface area contributed by atoms with Gasteiger partial charge in [-0.2, -0.15) is 0 Å². The normalized spacial score (nSPS) is 12.2. The SMILES string of the molecule is Cc1ccc([C@H](CC(=O)Oc2ccc([N+](=O)[O-])cc2)NS(=O)(=O)c2ccc(C)cc2)cc1. The lowest BCUT2D eigenvalue weighted by Gasteiger charge is -2.19. The second kappa shape index (κ2) is 9.71. The van der Waals surface area contributed by atoms with E-state index in [2.05, 4.69) is 4.72 Å². The van der Waals surface area contributed by atoms with Crippen molar-refractivity contribution in [2.45, 2.75) is 31.2 Å². The van der Waals surface area contributed by atoms with Crippen LogP contribution in [-0.2, 0) is 14.8 Å². The zero-order valence-corrected chi connectivity index (χ0v) is 18.3. The summed E-state index contributed by atoms with van der Waals surface area (Å²) >= 11 is 0. The largest absolute Gasteiger partial charge is 0.426 e. The molecule has 0 aromatic heterocycles. The van der Waals surface area contributed by atoms with Gasteiger partial charge in [-0.1, -0.05) is 47.5 Å². The third-order valence-corrected chi connectivity index (χ3v) is 6.25. The van der Waals surface area contributed by atoms with Crippen molar-refractivity contribution in [1.82, 2.24) is 4.72 Å². The lowest BCUT2D eigenvalue weighted by molar-refractivity contribution is -0.384. The Morgan fingerprint density at radius 2 is 1.47 bits per heavy atom. The minimum Gasteiger partial charge on any atom is -0.426 e. The Morgan fingerprint density at radius 1 is 0.938 bits per heavy atom. The maximum absolute atomic E-state index is 12.9. The molecular formula is C23H22N2O6S. The maximum atomic E-state index is 12.9. The Morgan fingerprint density at radius 3 is 2.00 bits per heavy atom. The predicted molar refractivity (Wildman–Crippen MR) is 119 cm³/mol. The number of hydrogen-bond acceptors (Lipinski definition) is 6. The number of non-ortho nitro benzene ring substituents is 1. The minimum absolute atomic E-state index is 0.0870. The number of nitrogens with zero attached hydrogens (tertiary/aromatic N) is 1. The molecule has 0 aliphatic heterocycles. The van der Waals surface area contributed by atoms with Crippen LogP contribution in [0.4, 0.5) is 5.69 Å². The summed E-state index contributed by atoms with van der Waals surface area (Å²) in [6, 6.07) is 17.7. The Bertz CT molecular complexity index is 1200. The second-order valence-corrected chi connectivity index (χ2v) is 9.04. The van der Waals surface area contributed by atoms with Crippen LogP contribution in [0.1, 0.15) is 29.2 Å². The molecule has 0 spiro atoms. The standard InChI is InChI=1S/C23H22N2O6S/c1-16-3-7-18(8-4-16)22(24-32(29,30)21-13-5-17(2)6-14-21)15-23(26)31-20-11-9-19(10-12-20)25(27)28/h3-14,22,24H,15H2,1-2H3/t22-/m0/s1. The molecule has 1 N–H and O–H groups in total. The third-order valence-electron chi connectivity index (χ3n) is 4.76. The van der Waals surface area contributed by atoms with Gasteiger partial charge in [0.25, 0.3) is 5.69 Å². The van der Waals surface area contributed by atoms with Crippen LogP contribution in [0.15, 0.2) is 77.7 Å². The third kappa shape index (κ3) is 5.99. The quantitative estimate of drug-likeness (QED) is 0.236. The molecule has 0 heterocycles. The number of carbonyl (C=O) groups excluding carboxylic acids is 1. The Kier molecular flexibility index (Phi) is 7.01. The molecule has 166 valence electrons. The van der Waals surface area contributed by atoms with Crippen molar-refractivity contribution in [1.29, 1.82) is 0 Å². The molecule has 8 nitrogen and oxygen atoms in total. The first kappa shape index (κ1) is 23.1. The summed E-state index contributed by atoms with van der Waals surface area (Å²) in [5.41, 5.74) is 2.38. The number of benzene rings is 3. The number of sulfonamides is 1. The highest BCUT2D eigenvalue weighted by atomic mass is 32.2. The Hall–Kier alpha value is -3.56. The first-order valence-electron chi connectivity index (χ1n) is 9.75. The average Bonchev–Trinajstić information content (AvgIpc) is 2.74. The van der Waals surface area contributed by atoms with Gasteiger partial charge < -0.3 is 4.74 Å². The van der Waals surface area contributed by atoms with E-state index in [-0.39, 0.29) is 22.8 Å². The zero-order valence-electron chi connectivity index (χ0n) is 17.5. The summed E-state index contributed by atoms with van der Waals surface area (Å²) in [6.45, 7) is 3.76. The number of esters is 1.